The van der Waals surface area contributed by atoms with Gasteiger partial charge in [0.1, 0.15) is 11.6 Å². The number of nitrogens with one attached hydrogen (secondary N) is 1. The molecule has 1 aromatic heterocycles. The number of rotatable bonds is 7. The first-order valence-electron chi connectivity index (χ1n) is 10.8. The molecule has 1 aromatic carbocycles. The molecule has 1 saturated heterocycles. The second-order valence-electron chi connectivity index (χ2n) is 8.13. The van der Waals surface area contributed by atoms with Crippen molar-refractivity contribution in [2.75, 3.05) is 18.0 Å². The molecule has 0 spiro atoms. The molecule has 0 radical (unpaired) electrons. The van der Waals surface area contributed by atoms with Crippen molar-refractivity contribution >= 4 is 11.7 Å². The van der Waals surface area contributed by atoms with Crippen molar-refractivity contribution in [1.82, 2.24) is 10.3 Å². The Bertz CT molecular complexity index is 781. The minimum atomic E-state index is -0.554. The molecular weight excluding hydrogens is 362 g/mol. The molecule has 1 atom stereocenters. The lowest BCUT2D eigenvalue weighted by atomic mass is 10.0. The topological polar surface area (TPSA) is 54.5 Å². The maximum absolute atomic E-state index is 12.4. The van der Waals surface area contributed by atoms with Crippen LogP contribution in [0.1, 0.15) is 63.5 Å². The van der Waals surface area contributed by atoms with Gasteiger partial charge in [-0.25, -0.2) is 4.98 Å². The van der Waals surface area contributed by atoms with Gasteiger partial charge < -0.3 is 15.0 Å². The summed E-state index contributed by atoms with van der Waals surface area (Å²) in [4.78, 5) is 19.4. The highest BCUT2D eigenvalue weighted by Crippen LogP contribution is 2.21. The highest BCUT2D eigenvalue weighted by atomic mass is 16.5. The van der Waals surface area contributed by atoms with Gasteiger partial charge in [0.05, 0.1) is 0 Å². The van der Waals surface area contributed by atoms with Crippen LogP contribution < -0.4 is 15.0 Å². The molecule has 5 heteroatoms. The second-order valence-corrected chi connectivity index (χ2v) is 8.13. The molecule has 1 aliphatic heterocycles. The van der Waals surface area contributed by atoms with E-state index in [-0.39, 0.29) is 5.91 Å². The largest absolute Gasteiger partial charge is 0.481 e. The Balaban J connectivity index is 1.50. The van der Waals surface area contributed by atoms with Crippen LogP contribution in [0.5, 0.6) is 5.75 Å². The fourth-order valence-electron chi connectivity index (χ4n) is 3.55. The summed E-state index contributed by atoms with van der Waals surface area (Å²) in [6.45, 7) is 8.67. The lowest BCUT2D eigenvalue weighted by Gasteiger charge is -2.21. The van der Waals surface area contributed by atoms with Gasteiger partial charge in [-0.15, -0.1) is 0 Å². The number of amides is 1. The van der Waals surface area contributed by atoms with Crippen molar-refractivity contribution in [2.24, 2.45) is 0 Å². The predicted molar refractivity (Wildman–Crippen MR) is 117 cm³/mol. The average molecular weight is 396 g/mol. The monoisotopic (exact) mass is 395 g/mol. The fourth-order valence-corrected chi connectivity index (χ4v) is 3.55. The van der Waals surface area contributed by atoms with Crippen LogP contribution in [-0.2, 0) is 11.3 Å². The SMILES string of the molecule is CC(Oc1cccc(C(C)C)c1)C(=O)NCc1ccc(N2CCCCCC2)nc1. The zero-order valence-corrected chi connectivity index (χ0v) is 17.9. The van der Waals surface area contributed by atoms with Crippen molar-refractivity contribution in [3.63, 3.8) is 0 Å². The predicted octanol–water partition coefficient (Wildman–Crippen LogP) is 4.67. The lowest BCUT2D eigenvalue weighted by molar-refractivity contribution is -0.127. The first kappa shape index (κ1) is 21.2. The van der Waals surface area contributed by atoms with Crippen molar-refractivity contribution in [2.45, 2.75) is 65.0 Å². The van der Waals surface area contributed by atoms with Crippen molar-refractivity contribution in [3.8, 4) is 5.75 Å². The zero-order valence-electron chi connectivity index (χ0n) is 17.9. The number of hydrogen-bond donors (Lipinski definition) is 1. The minimum absolute atomic E-state index is 0.128. The number of ether oxygens (including phenoxy) is 1. The summed E-state index contributed by atoms with van der Waals surface area (Å²) < 4.78 is 5.83. The summed E-state index contributed by atoms with van der Waals surface area (Å²) >= 11 is 0. The quantitative estimate of drug-likeness (QED) is 0.740. The van der Waals surface area contributed by atoms with Gasteiger partial charge in [-0.1, -0.05) is 44.9 Å². The molecule has 0 bridgehead atoms. The van der Waals surface area contributed by atoms with E-state index in [0.717, 1.165) is 30.2 Å². The molecule has 0 aliphatic carbocycles. The number of pyridine rings is 1. The summed E-state index contributed by atoms with van der Waals surface area (Å²) in [7, 11) is 0. The van der Waals surface area contributed by atoms with Crippen molar-refractivity contribution in [1.29, 1.82) is 0 Å². The third-order valence-corrected chi connectivity index (χ3v) is 5.41. The highest BCUT2D eigenvalue weighted by molar-refractivity contribution is 5.80. The summed E-state index contributed by atoms with van der Waals surface area (Å²) in [5, 5.41) is 2.95. The maximum atomic E-state index is 12.4. The average Bonchev–Trinajstić information content (AvgIpc) is 3.02. The molecule has 156 valence electrons. The summed E-state index contributed by atoms with van der Waals surface area (Å²) in [5.41, 5.74) is 2.19. The van der Waals surface area contributed by atoms with Gasteiger partial charge in [0.25, 0.3) is 5.91 Å². The zero-order chi connectivity index (χ0) is 20.6. The van der Waals surface area contributed by atoms with E-state index in [1.54, 1.807) is 6.92 Å². The van der Waals surface area contributed by atoms with E-state index < -0.39 is 6.10 Å². The van der Waals surface area contributed by atoms with Crippen LogP contribution in [0.4, 0.5) is 5.82 Å². The van der Waals surface area contributed by atoms with Crippen LogP contribution in [-0.4, -0.2) is 30.1 Å². The number of carbonyl (C=O) groups excluding carboxylic acids is 1. The summed E-state index contributed by atoms with van der Waals surface area (Å²) in [6, 6.07) is 12.0. The number of nitrogens with zero attached hydrogens (tertiary/aromatic N) is 2. The van der Waals surface area contributed by atoms with Gasteiger partial charge in [-0.3, -0.25) is 4.79 Å². The third kappa shape index (κ3) is 6.21. The number of benzene rings is 1. The van der Waals surface area contributed by atoms with Gasteiger partial charge >= 0.3 is 0 Å². The smallest absolute Gasteiger partial charge is 0.261 e. The van der Waals surface area contributed by atoms with Gasteiger partial charge in [0, 0.05) is 25.8 Å². The van der Waals surface area contributed by atoms with Crippen LogP contribution in [0.25, 0.3) is 0 Å². The first-order valence-corrected chi connectivity index (χ1v) is 10.8. The van der Waals surface area contributed by atoms with Crippen LogP contribution in [0, 0.1) is 0 Å². The Labute approximate surface area is 174 Å². The molecule has 29 heavy (non-hydrogen) atoms. The van der Waals surface area contributed by atoms with E-state index in [1.165, 1.54) is 31.2 Å². The van der Waals surface area contributed by atoms with E-state index in [1.807, 2.05) is 30.5 Å². The lowest BCUT2D eigenvalue weighted by Crippen LogP contribution is -2.36. The second kappa shape index (κ2) is 10.3. The number of hydrogen-bond acceptors (Lipinski definition) is 4. The van der Waals surface area contributed by atoms with Crippen molar-refractivity contribution < 1.29 is 9.53 Å². The Morgan fingerprint density at radius 2 is 1.86 bits per heavy atom. The molecule has 5 nitrogen and oxygen atoms in total. The molecule has 3 rings (SSSR count). The Morgan fingerprint density at radius 1 is 1.10 bits per heavy atom. The van der Waals surface area contributed by atoms with Gasteiger partial charge in [0.15, 0.2) is 6.10 Å². The van der Waals surface area contributed by atoms with E-state index in [9.17, 15) is 4.79 Å². The molecule has 0 saturated carbocycles. The summed E-state index contributed by atoms with van der Waals surface area (Å²) in [5.74, 6) is 2.05. The first-order chi connectivity index (χ1) is 14.0. The third-order valence-electron chi connectivity index (χ3n) is 5.41. The van der Waals surface area contributed by atoms with Crippen LogP contribution in [0.2, 0.25) is 0 Å². The Hall–Kier alpha value is -2.56. The van der Waals surface area contributed by atoms with E-state index in [0.29, 0.717) is 12.5 Å². The highest BCUT2D eigenvalue weighted by Gasteiger charge is 2.15. The van der Waals surface area contributed by atoms with E-state index >= 15 is 0 Å². The van der Waals surface area contributed by atoms with Crippen LogP contribution >= 0.6 is 0 Å². The van der Waals surface area contributed by atoms with Crippen LogP contribution in [0.15, 0.2) is 42.6 Å². The van der Waals surface area contributed by atoms with E-state index in [4.69, 9.17) is 4.74 Å². The molecule has 1 amide bonds. The van der Waals surface area contributed by atoms with Gasteiger partial charge in [-0.2, -0.15) is 0 Å². The molecule has 1 aliphatic rings. The Kier molecular flexibility index (Phi) is 7.50. The fraction of sp³-hybridized carbons (Fsp3) is 0.500. The number of anilines is 1. The number of carbonyl (C=O) groups is 1. The van der Waals surface area contributed by atoms with Gasteiger partial charge in [-0.05, 0) is 55.0 Å². The maximum Gasteiger partial charge on any atom is 0.261 e. The van der Waals surface area contributed by atoms with Crippen LogP contribution in [0.3, 0.4) is 0 Å². The van der Waals surface area contributed by atoms with E-state index in [2.05, 4.69) is 41.2 Å². The van der Waals surface area contributed by atoms with Gasteiger partial charge in [0.2, 0.25) is 0 Å². The Morgan fingerprint density at radius 3 is 2.52 bits per heavy atom. The molecule has 2 aromatic rings. The molecular formula is C24H33N3O2. The molecule has 1 N–H and O–H groups in total. The number of aromatic nitrogens is 1. The summed E-state index contributed by atoms with van der Waals surface area (Å²) in [6.07, 6.45) is 6.39. The molecule has 1 fully saturated rings. The normalized spacial score (nSPS) is 15.7. The standard InChI is InChI=1S/C24H33N3O2/c1-18(2)21-9-8-10-22(15-21)29-19(3)24(28)26-17-20-11-12-23(25-16-20)27-13-6-4-5-7-14-27/h8-12,15-16,18-19H,4-7,13-14,17H2,1-3H3,(H,26,28). The van der Waals surface area contributed by atoms with Crippen molar-refractivity contribution in [3.05, 3.63) is 53.7 Å². The molecule has 1 unspecified atom stereocenters. The minimum Gasteiger partial charge on any atom is -0.481 e. The molecule has 2 heterocycles.